The van der Waals surface area contributed by atoms with Gasteiger partial charge >= 0.3 is 24.3 Å². The largest absolute Gasteiger partial charge is 0.495 e. The highest BCUT2D eigenvalue weighted by atomic mass is 19.4. The number of imide groups is 1. The second kappa shape index (κ2) is 6.12. The first-order valence-electron chi connectivity index (χ1n) is 5.39. The minimum atomic E-state index is -5.31. The molecule has 11 heteroatoms. The van der Waals surface area contributed by atoms with Crippen LogP contribution in [0.4, 0.5) is 36.8 Å². The molecule has 0 unspecified atom stereocenters. The van der Waals surface area contributed by atoms with Crippen molar-refractivity contribution in [1.82, 2.24) is 5.32 Å². The molecule has 0 bridgehead atoms. The molecule has 0 atom stereocenters. The molecule has 122 valence electrons. The molecule has 0 heterocycles. The summed E-state index contributed by atoms with van der Waals surface area (Å²) in [5.74, 6) is -2.79. The van der Waals surface area contributed by atoms with Crippen LogP contribution in [0.5, 0.6) is 5.75 Å². The molecule has 3 amide bonds. The van der Waals surface area contributed by atoms with Crippen molar-refractivity contribution < 1.29 is 40.7 Å². The van der Waals surface area contributed by atoms with Crippen LogP contribution in [0, 0.1) is 0 Å². The molecule has 0 aliphatic heterocycles. The number of carbonyl (C=O) groups excluding carboxylic acids is 2. The molecule has 2 N–H and O–H groups in total. The summed E-state index contributed by atoms with van der Waals surface area (Å²) in [6.07, 6.45) is -10.0. The molecule has 5 nitrogen and oxygen atoms in total. The Kier molecular flexibility index (Phi) is 4.89. The van der Waals surface area contributed by atoms with E-state index in [4.69, 9.17) is 0 Å². The van der Waals surface area contributed by atoms with E-state index in [0.29, 0.717) is 12.1 Å². The third-order valence-electron chi connectivity index (χ3n) is 2.26. The fraction of sp³-hybridized carbons (Fsp3) is 0.273. The van der Waals surface area contributed by atoms with Gasteiger partial charge in [0.15, 0.2) is 0 Å². The van der Waals surface area contributed by atoms with Crippen LogP contribution in [0.25, 0.3) is 0 Å². The second-order valence-electron chi connectivity index (χ2n) is 3.82. The Morgan fingerprint density at radius 2 is 1.68 bits per heavy atom. The van der Waals surface area contributed by atoms with Crippen LogP contribution in [0.1, 0.15) is 5.56 Å². The number of halogens is 6. The SMILES string of the molecule is COc1ccc(C(F)(F)F)cc1NC(=O)NC(=O)C(F)(F)F. The highest BCUT2D eigenvalue weighted by Gasteiger charge is 2.40. The van der Waals surface area contributed by atoms with Crippen molar-refractivity contribution in [2.45, 2.75) is 12.4 Å². The highest BCUT2D eigenvalue weighted by molar-refractivity contribution is 6.03. The molecule has 0 saturated heterocycles. The maximum absolute atomic E-state index is 12.5. The molecule has 1 rings (SSSR count). The zero-order valence-electron chi connectivity index (χ0n) is 10.7. The number of hydrogen-bond acceptors (Lipinski definition) is 3. The highest BCUT2D eigenvalue weighted by Crippen LogP contribution is 2.34. The second-order valence-corrected chi connectivity index (χ2v) is 3.82. The zero-order chi connectivity index (χ0) is 17.1. The van der Waals surface area contributed by atoms with Gasteiger partial charge in [0, 0.05) is 0 Å². The summed E-state index contributed by atoms with van der Waals surface area (Å²) >= 11 is 0. The monoisotopic (exact) mass is 330 g/mol. The van der Waals surface area contributed by atoms with Gasteiger partial charge in [-0.2, -0.15) is 26.3 Å². The van der Waals surface area contributed by atoms with E-state index in [1.807, 2.05) is 0 Å². The standard InChI is InChI=1S/C11H8F6N2O3/c1-22-7-3-2-5(10(12,13)14)4-6(7)18-9(21)19-8(20)11(15,16)17/h2-4H,1H3,(H2,18,19,20,21). The van der Waals surface area contributed by atoms with Gasteiger partial charge in [0.2, 0.25) is 0 Å². The summed E-state index contributed by atoms with van der Waals surface area (Å²) in [6, 6.07) is 0.323. The van der Waals surface area contributed by atoms with Crippen LogP contribution in [0.3, 0.4) is 0 Å². The summed E-state index contributed by atoms with van der Waals surface area (Å²) in [7, 11) is 1.08. The Bertz CT molecular complexity index is 582. The molecule has 0 radical (unpaired) electrons. The number of urea groups is 1. The van der Waals surface area contributed by atoms with E-state index in [0.717, 1.165) is 18.5 Å². The number of rotatable bonds is 2. The molecule has 22 heavy (non-hydrogen) atoms. The first-order valence-corrected chi connectivity index (χ1v) is 5.39. The summed E-state index contributed by atoms with van der Waals surface area (Å²) in [6.45, 7) is 0. The minimum Gasteiger partial charge on any atom is -0.495 e. The summed E-state index contributed by atoms with van der Waals surface area (Å²) in [5.41, 5.74) is -1.71. The Labute approximate surface area is 119 Å². The van der Waals surface area contributed by atoms with Crippen molar-refractivity contribution in [3.05, 3.63) is 23.8 Å². The van der Waals surface area contributed by atoms with Gasteiger partial charge in [0.25, 0.3) is 0 Å². The van der Waals surface area contributed by atoms with E-state index in [1.54, 1.807) is 5.32 Å². The van der Waals surface area contributed by atoms with Gasteiger partial charge in [-0.3, -0.25) is 10.1 Å². The Balaban J connectivity index is 2.96. The third kappa shape index (κ3) is 4.53. The molecule has 0 aliphatic rings. The Morgan fingerprint density at radius 1 is 1.09 bits per heavy atom. The van der Waals surface area contributed by atoms with Gasteiger partial charge in [0.05, 0.1) is 18.4 Å². The van der Waals surface area contributed by atoms with Crippen LogP contribution in [0.2, 0.25) is 0 Å². The number of ether oxygens (including phenoxy) is 1. The quantitative estimate of drug-likeness (QED) is 0.820. The number of hydrogen-bond donors (Lipinski definition) is 2. The van der Waals surface area contributed by atoms with Crippen LogP contribution in [0.15, 0.2) is 18.2 Å². The van der Waals surface area contributed by atoms with Gasteiger partial charge in [-0.25, -0.2) is 4.79 Å². The molecule has 0 saturated carbocycles. The first kappa shape index (κ1) is 17.6. The van der Waals surface area contributed by atoms with Gasteiger partial charge in [-0.05, 0) is 18.2 Å². The summed E-state index contributed by atoms with van der Waals surface area (Å²) < 4.78 is 78.1. The average molecular weight is 330 g/mol. The van der Waals surface area contributed by atoms with Crippen molar-refractivity contribution in [3.63, 3.8) is 0 Å². The van der Waals surface area contributed by atoms with Crippen molar-refractivity contribution in [1.29, 1.82) is 0 Å². The normalized spacial score (nSPS) is 11.8. The lowest BCUT2D eigenvalue weighted by atomic mass is 10.2. The predicted molar refractivity (Wildman–Crippen MR) is 61.2 cm³/mol. The fourth-order valence-corrected chi connectivity index (χ4v) is 1.31. The van der Waals surface area contributed by atoms with Gasteiger partial charge in [-0.15, -0.1) is 0 Å². The minimum absolute atomic E-state index is 0.234. The molecule has 0 fully saturated rings. The molecular formula is C11H8F6N2O3. The van der Waals surface area contributed by atoms with E-state index in [9.17, 15) is 35.9 Å². The van der Waals surface area contributed by atoms with Crippen molar-refractivity contribution in [3.8, 4) is 5.75 Å². The topological polar surface area (TPSA) is 67.4 Å². The molecule has 0 spiro atoms. The Hall–Kier alpha value is -2.46. The van der Waals surface area contributed by atoms with Crippen LogP contribution in [-0.2, 0) is 11.0 Å². The zero-order valence-corrected chi connectivity index (χ0v) is 10.7. The van der Waals surface area contributed by atoms with E-state index < -0.39 is 35.5 Å². The van der Waals surface area contributed by atoms with Crippen LogP contribution < -0.4 is 15.4 Å². The van der Waals surface area contributed by atoms with Gasteiger partial charge in [-0.1, -0.05) is 0 Å². The van der Waals surface area contributed by atoms with Gasteiger partial charge in [0.1, 0.15) is 5.75 Å². The van der Waals surface area contributed by atoms with E-state index in [2.05, 4.69) is 4.74 Å². The molecule has 0 aliphatic carbocycles. The van der Waals surface area contributed by atoms with E-state index >= 15 is 0 Å². The smallest absolute Gasteiger partial charge is 0.471 e. The predicted octanol–water partition coefficient (Wildman–Crippen LogP) is 2.92. The maximum Gasteiger partial charge on any atom is 0.471 e. The maximum atomic E-state index is 12.5. The summed E-state index contributed by atoms with van der Waals surface area (Å²) in [4.78, 5) is 21.8. The summed E-state index contributed by atoms with van der Waals surface area (Å²) in [5, 5.41) is 2.61. The van der Waals surface area contributed by atoms with Crippen LogP contribution >= 0.6 is 0 Å². The average Bonchev–Trinajstić information content (AvgIpc) is 2.36. The van der Waals surface area contributed by atoms with Crippen molar-refractivity contribution >= 4 is 17.6 Å². The number of benzene rings is 1. The lowest BCUT2D eigenvalue weighted by Gasteiger charge is -2.14. The number of alkyl halides is 6. The first-order chi connectivity index (χ1) is 9.95. The molecule has 1 aromatic rings. The lowest BCUT2D eigenvalue weighted by Crippen LogP contribution is -2.42. The molecular weight excluding hydrogens is 322 g/mol. The number of carbonyl (C=O) groups is 2. The molecule has 1 aromatic carbocycles. The molecule has 0 aromatic heterocycles. The number of amides is 3. The number of nitrogens with one attached hydrogen (secondary N) is 2. The van der Waals surface area contributed by atoms with Crippen molar-refractivity contribution in [2.24, 2.45) is 0 Å². The number of anilines is 1. The van der Waals surface area contributed by atoms with Gasteiger partial charge < -0.3 is 10.1 Å². The third-order valence-corrected chi connectivity index (χ3v) is 2.26. The van der Waals surface area contributed by atoms with Crippen molar-refractivity contribution in [2.75, 3.05) is 12.4 Å². The van der Waals surface area contributed by atoms with E-state index in [-0.39, 0.29) is 5.75 Å². The fourth-order valence-electron chi connectivity index (χ4n) is 1.31. The lowest BCUT2D eigenvalue weighted by molar-refractivity contribution is -0.172. The van der Waals surface area contributed by atoms with Crippen LogP contribution in [-0.4, -0.2) is 25.2 Å². The number of methoxy groups -OCH3 is 1. The Morgan fingerprint density at radius 3 is 2.14 bits per heavy atom. The van der Waals surface area contributed by atoms with E-state index in [1.165, 1.54) is 0 Å².